The summed E-state index contributed by atoms with van der Waals surface area (Å²) in [5, 5.41) is 12.1. The van der Waals surface area contributed by atoms with Crippen LogP contribution < -0.4 is 16.0 Å². The van der Waals surface area contributed by atoms with Gasteiger partial charge >= 0.3 is 0 Å². The first-order chi connectivity index (χ1) is 9.99. The van der Waals surface area contributed by atoms with E-state index >= 15 is 0 Å². The Labute approximate surface area is 124 Å². The highest BCUT2D eigenvalue weighted by molar-refractivity contribution is 5.87. The quantitative estimate of drug-likeness (QED) is 0.822. The second kappa shape index (κ2) is 6.06. The SMILES string of the molecule is CN(c1cc(N)ncn1)[C@H]1CNCC[C@@]1(C)C(=O)CC#N. The van der Waals surface area contributed by atoms with Gasteiger partial charge in [0.2, 0.25) is 0 Å². The number of likely N-dealkylation sites (N-methyl/N-ethyl adjacent to an activating group) is 1. The molecule has 0 bridgehead atoms. The Morgan fingerprint density at radius 3 is 3.10 bits per heavy atom. The highest BCUT2D eigenvalue weighted by atomic mass is 16.1. The minimum Gasteiger partial charge on any atom is -0.384 e. The summed E-state index contributed by atoms with van der Waals surface area (Å²) in [5.41, 5.74) is 5.12. The second-order valence-corrected chi connectivity index (χ2v) is 5.56. The number of Topliss-reactive ketones (excluding diaryl/α,β-unsaturated/α-hetero) is 1. The average molecular weight is 288 g/mol. The van der Waals surface area contributed by atoms with Crippen LogP contribution in [0, 0.1) is 16.7 Å². The summed E-state index contributed by atoms with van der Waals surface area (Å²) in [4.78, 5) is 22.4. The number of nitrogens with zero attached hydrogens (tertiary/aromatic N) is 4. The van der Waals surface area contributed by atoms with Crippen LogP contribution in [0.15, 0.2) is 12.4 Å². The molecule has 7 nitrogen and oxygen atoms in total. The number of rotatable bonds is 4. The number of nitrogens with two attached hydrogens (primary N) is 1. The third-order valence-electron chi connectivity index (χ3n) is 4.27. The van der Waals surface area contributed by atoms with E-state index in [0.29, 0.717) is 24.6 Å². The minimum absolute atomic E-state index is 0.0228. The molecule has 3 N–H and O–H groups in total. The van der Waals surface area contributed by atoms with Gasteiger partial charge in [-0.25, -0.2) is 9.97 Å². The molecule has 0 saturated carbocycles. The Balaban J connectivity index is 2.30. The molecule has 1 aromatic rings. The Kier molecular flexibility index (Phi) is 4.38. The fourth-order valence-electron chi connectivity index (χ4n) is 2.86. The number of hydrogen-bond acceptors (Lipinski definition) is 7. The Hall–Kier alpha value is -2.20. The van der Waals surface area contributed by atoms with E-state index in [9.17, 15) is 4.79 Å². The standard InChI is InChI=1S/C14H20N6O/c1-14(11(21)3-5-15)4-6-17-8-10(14)20(2)13-7-12(16)18-9-19-13/h7,9-10,17H,3-4,6,8H2,1-2H3,(H2,16,18,19)/t10-,14+/m0/s1. The third kappa shape index (κ3) is 2.95. The molecule has 0 amide bonds. The molecule has 0 unspecified atom stereocenters. The fourth-order valence-corrected chi connectivity index (χ4v) is 2.86. The van der Waals surface area contributed by atoms with Gasteiger partial charge in [-0.3, -0.25) is 4.79 Å². The first-order valence-corrected chi connectivity index (χ1v) is 6.90. The van der Waals surface area contributed by atoms with Crippen molar-refractivity contribution in [1.82, 2.24) is 15.3 Å². The monoisotopic (exact) mass is 288 g/mol. The van der Waals surface area contributed by atoms with Gasteiger partial charge in [-0.1, -0.05) is 6.92 Å². The van der Waals surface area contributed by atoms with Gasteiger partial charge < -0.3 is 16.0 Å². The Morgan fingerprint density at radius 1 is 1.67 bits per heavy atom. The summed E-state index contributed by atoms with van der Waals surface area (Å²) in [6.07, 6.45) is 2.04. The molecule has 1 fully saturated rings. The number of aromatic nitrogens is 2. The van der Waals surface area contributed by atoms with Crippen molar-refractivity contribution < 1.29 is 4.79 Å². The topological polar surface area (TPSA) is 108 Å². The number of hydrogen-bond donors (Lipinski definition) is 2. The zero-order valence-electron chi connectivity index (χ0n) is 12.3. The Morgan fingerprint density at radius 2 is 2.43 bits per heavy atom. The number of carbonyl (C=O) groups excluding carboxylic acids is 1. The molecule has 0 aliphatic carbocycles. The molecule has 1 saturated heterocycles. The van der Waals surface area contributed by atoms with Gasteiger partial charge in [-0.2, -0.15) is 5.26 Å². The predicted octanol–water partition coefficient (Wildman–Crippen LogP) is 0.346. The van der Waals surface area contributed by atoms with E-state index in [1.165, 1.54) is 6.33 Å². The lowest BCUT2D eigenvalue weighted by atomic mass is 9.72. The van der Waals surface area contributed by atoms with Gasteiger partial charge in [0.1, 0.15) is 18.0 Å². The number of ketones is 1. The lowest BCUT2D eigenvalue weighted by Crippen LogP contribution is -2.58. The maximum Gasteiger partial charge on any atom is 0.154 e. The van der Waals surface area contributed by atoms with Gasteiger partial charge in [0.15, 0.2) is 5.78 Å². The lowest BCUT2D eigenvalue weighted by Gasteiger charge is -2.45. The van der Waals surface area contributed by atoms with Crippen molar-refractivity contribution in [2.45, 2.75) is 25.8 Å². The van der Waals surface area contributed by atoms with Crippen LogP contribution in [-0.2, 0) is 4.79 Å². The number of carbonyl (C=O) groups is 1. The molecule has 0 spiro atoms. The number of anilines is 2. The van der Waals surface area contributed by atoms with Crippen LogP contribution >= 0.6 is 0 Å². The van der Waals surface area contributed by atoms with E-state index in [-0.39, 0.29) is 18.2 Å². The van der Waals surface area contributed by atoms with Crippen LogP contribution in [0.25, 0.3) is 0 Å². The molecule has 1 aromatic heterocycles. The molecule has 2 atom stereocenters. The van der Waals surface area contributed by atoms with E-state index in [4.69, 9.17) is 11.0 Å². The van der Waals surface area contributed by atoms with E-state index in [0.717, 1.165) is 6.54 Å². The molecule has 0 radical (unpaired) electrons. The maximum absolute atomic E-state index is 12.4. The molecular formula is C14H20N6O. The molecule has 7 heteroatoms. The van der Waals surface area contributed by atoms with Crippen LogP contribution in [0.1, 0.15) is 19.8 Å². The van der Waals surface area contributed by atoms with E-state index < -0.39 is 5.41 Å². The van der Waals surface area contributed by atoms with Gasteiger partial charge in [0, 0.05) is 19.7 Å². The normalized spacial score (nSPS) is 25.1. The number of nitriles is 1. The first-order valence-electron chi connectivity index (χ1n) is 6.90. The van der Waals surface area contributed by atoms with Crippen molar-refractivity contribution in [3.63, 3.8) is 0 Å². The largest absolute Gasteiger partial charge is 0.384 e. The van der Waals surface area contributed by atoms with Crippen LogP contribution in [-0.4, -0.2) is 41.9 Å². The van der Waals surface area contributed by atoms with Gasteiger partial charge in [0.05, 0.1) is 23.9 Å². The molecule has 112 valence electrons. The number of nitrogen functional groups attached to an aromatic ring is 1. The van der Waals surface area contributed by atoms with Crippen molar-refractivity contribution >= 4 is 17.4 Å². The lowest BCUT2D eigenvalue weighted by molar-refractivity contribution is -0.129. The van der Waals surface area contributed by atoms with Crippen LogP contribution in [0.2, 0.25) is 0 Å². The number of piperidine rings is 1. The van der Waals surface area contributed by atoms with Crippen LogP contribution in [0.4, 0.5) is 11.6 Å². The van der Waals surface area contributed by atoms with Crippen LogP contribution in [0.3, 0.4) is 0 Å². The number of nitrogens with one attached hydrogen (secondary N) is 1. The summed E-state index contributed by atoms with van der Waals surface area (Å²) < 4.78 is 0. The zero-order valence-corrected chi connectivity index (χ0v) is 12.3. The molecule has 2 rings (SSSR count). The molecular weight excluding hydrogens is 268 g/mol. The van der Waals surface area contributed by atoms with Crippen molar-refractivity contribution in [2.24, 2.45) is 5.41 Å². The molecule has 21 heavy (non-hydrogen) atoms. The summed E-state index contributed by atoms with van der Waals surface area (Å²) >= 11 is 0. The maximum atomic E-state index is 12.4. The summed E-state index contributed by atoms with van der Waals surface area (Å²) in [7, 11) is 1.89. The van der Waals surface area contributed by atoms with Crippen molar-refractivity contribution in [2.75, 3.05) is 30.8 Å². The summed E-state index contributed by atoms with van der Waals surface area (Å²) in [5.74, 6) is 1.04. The highest BCUT2D eigenvalue weighted by Crippen LogP contribution is 2.35. The highest BCUT2D eigenvalue weighted by Gasteiger charge is 2.44. The summed E-state index contributed by atoms with van der Waals surface area (Å²) in [6, 6.07) is 3.57. The smallest absolute Gasteiger partial charge is 0.154 e. The van der Waals surface area contributed by atoms with Gasteiger partial charge in [-0.15, -0.1) is 0 Å². The van der Waals surface area contributed by atoms with Gasteiger partial charge in [0.25, 0.3) is 0 Å². The first kappa shape index (κ1) is 15.2. The van der Waals surface area contributed by atoms with E-state index in [2.05, 4.69) is 15.3 Å². The van der Waals surface area contributed by atoms with Crippen LogP contribution in [0.5, 0.6) is 0 Å². The molecule has 1 aliphatic rings. The van der Waals surface area contributed by atoms with Crippen molar-refractivity contribution in [3.05, 3.63) is 12.4 Å². The molecule has 0 aromatic carbocycles. The summed E-state index contributed by atoms with van der Waals surface area (Å²) in [6.45, 7) is 3.36. The van der Waals surface area contributed by atoms with Crippen molar-refractivity contribution in [3.8, 4) is 6.07 Å². The Bertz CT molecular complexity index is 569. The second-order valence-electron chi connectivity index (χ2n) is 5.56. The third-order valence-corrected chi connectivity index (χ3v) is 4.27. The van der Waals surface area contributed by atoms with E-state index in [1.807, 2.05) is 24.9 Å². The fraction of sp³-hybridized carbons (Fsp3) is 0.571. The zero-order chi connectivity index (χ0) is 15.5. The average Bonchev–Trinajstić information content (AvgIpc) is 2.47. The minimum atomic E-state index is -0.574. The predicted molar refractivity (Wildman–Crippen MR) is 79.5 cm³/mol. The molecule has 2 heterocycles. The van der Waals surface area contributed by atoms with E-state index in [1.54, 1.807) is 6.07 Å². The molecule has 1 aliphatic heterocycles. The van der Waals surface area contributed by atoms with Gasteiger partial charge in [-0.05, 0) is 13.0 Å². The van der Waals surface area contributed by atoms with Crippen molar-refractivity contribution in [1.29, 1.82) is 5.26 Å².